The van der Waals surface area contributed by atoms with E-state index in [-0.39, 0.29) is 6.61 Å². The first kappa shape index (κ1) is 17.1. The third-order valence-corrected chi connectivity index (χ3v) is 3.64. The zero-order valence-corrected chi connectivity index (χ0v) is 14.1. The van der Waals surface area contributed by atoms with Crippen LogP contribution >= 0.6 is 11.6 Å². The predicted octanol–water partition coefficient (Wildman–Crippen LogP) is 4.90. The highest BCUT2D eigenvalue weighted by Gasteiger charge is 2.02. The molecule has 2 aromatic carbocycles. The molecule has 23 heavy (non-hydrogen) atoms. The molecule has 0 aromatic heterocycles. The number of nitrogens with one attached hydrogen (secondary N) is 1. The number of rotatable bonds is 5. The average Bonchev–Trinajstić information content (AvgIpc) is 2.52. The summed E-state index contributed by atoms with van der Waals surface area (Å²) in [7, 11) is 0. The summed E-state index contributed by atoms with van der Waals surface area (Å²) in [6, 6.07) is 13.4. The van der Waals surface area contributed by atoms with Crippen LogP contribution in [0.3, 0.4) is 0 Å². The molecule has 0 atom stereocenters. The Morgan fingerprint density at radius 3 is 2.48 bits per heavy atom. The number of amides is 1. The molecule has 0 saturated heterocycles. The van der Waals surface area contributed by atoms with Gasteiger partial charge in [0.25, 0.3) is 0 Å². The van der Waals surface area contributed by atoms with E-state index in [4.69, 9.17) is 16.3 Å². The van der Waals surface area contributed by atoms with Gasteiger partial charge >= 0.3 is 6.09 Å². The third kappa shape index (κ3) is 5.46. The van der Waals surface area contributed by atoms with Crippen LogP contribution in [0.5, 0.6) is 0 Å². The molecule has 0 bridgehead atoms. The summed E-state index contributed by atoms with van der Waals surface area (Å²) in [5.41, 5.74) is 4.30. The fraction of sp³-hybridized carbons (Fsp3) is 0.211. The standard InChI is InChI=1S/C19H20ClNO2/c1-14-11-17(20)12-15(2)18(14)9-6-10-21-19(22)23-13-16-7-4-3-5-8-16/h3-9,11-12H,10,13H2,1-2H3,(H,21,22). The second kappa shape index (κ2) is 8.39. The molecule has 1 N–H and O–H groups in total. The van der Waals surface area contributed by atoms with Gasteiger partial charge in [0.1, 0.15) is 6.61 Å². The Balaban J connectivity index is 1.79. The molecule has 0 fully saturated rings. The van der Waals surface area contributed by atoms with Gasteiger partial charge in [0, 0.05) is 11.6 Å². The molecule has 3 nitrogen and oxygen atoms in total. The number of carbonyl (C=O) groups is 1. The minimum Gasteiger partial charge on any atom is -0.445 e. The van der Waals surface area contributed by atoms with Crippen molar-refractivity contribution in [2.45, 2.75) is 20.5 Å². The van der Waals surface area contributed by atoms with Gasteiger partial charge in [0.05, 0.1) is 0 Å². The van der Waals surface area contributed by atoms with Crippen LogP contribution in [0.2, 0.25) is 5.02 Å². The highest BCUT2D eigenvalue weighted by atomic mass is 35.5. The van der Waals surface area contributed by atoms with Gasteiger partial charge in [-0.1, -0.05) is 54.1 Å². The molecule has 0 heterocycles. The van der Waals surface area contributed by atoms with Gasteiger partial charge in [-0.15, -0.1) is 0 Å². The number of carbonyl (C=O) groups excluding carboxylic acids is 1. The number of hydrogen-bond donors (Lipinski definition) is 1. The van der Waals surface area contributed by atoms with Crippen LogP contribution in [-0.2, 0) is 11.3 Å². The predicted molar refractivity (Wildman–Crippen MR) is 94.6 cm³/mol. The lowest BCUT2D eigenvalue weighted by molar-refractivity contribution is 0.141. The molecule has 0 saturated carbocycles. The van der Waals surface area contributed by atoms with Gasteiger partial charge in [0.2, 0.25) is 0 Å². The fourth-order valence-corrected chi connectivity index (χ4v) is 2.61. The lowest BCUT2D eigenvalue weighted by Crippen LogP contribution is -2.24. The summed E-state index contributed by atoms with van der Waals surface area (Å²) in [6.45, 7) is 4.71. The second-order valence-corrected chi connectivity index (χ2v) is 5.73. The summed E-state index contributed by atoms with van der Waals surface area (Å²) < 4.78 is 5.14. The number of alkyl carbamates (subject to hydrolysis) is 1. The van der Waals surface area contributed by atoms with E-state index in [0.29, 0.717) is 6.54 Å². The van der Waals surface area contributed by atoms with Crippen LogP contribution in [0.25, 0.3) is 6.08 Å². The minimum absolute atomic E-state index is 0.270. The molecule has 0 unspecified atom stereocenters. The van der Waals surface area contributed by atoms with E-state index in [9.17, 15) is 4.79 Å². The molecule has 0 aliphatic carbocycles. The zero-order valence-electron chi connectivity index (χ0n) is 13.3. The Morgan fingerprint density at radius 1 is 1.17 bits per heavy atom. The Hall–Kier alpha value is -2.26. The Kier molecular flexibility index (Phi) is 6.24. The first-order valence-corrected chi connectivity index (χ1v) is 7.82. The monoisotopic (exact) mass is 329 g/mol. The van der Waals surface area contributed by atoms with Crippen molar-refractivity contribution in [3.05, 3.63) is 75.8 Å². The smallest absolute Gasteiger partial charge is 0.407 e. The van der Waals surface area contributed by atoms with Crippen molar-refractivity contribution in [1.29, 1.82) is 0 Å². The molecule has 1 amide bonds. The van der Waals surface area contributed by atoms with Crippen LogP contribution in [0.15, 0.2) is 48.5 Å². The van der Waals surface area contributed by atoms with Crippen LogP contribution < -0.4 is 5.32 Å². The van der Waals surface area contributed by atoms with Crippen molar-refractivity contribution < 1.29 is 9.53 Å². The number of benzene rings is 2. The number of hydrogen-bond acceptors (Lipinski definition) is 2. The molecule has 0 spiro atoms. The first-order chi connectivity index (χ1) is 11.1. The molecular weight excluding hydrogens is 310 g/mol. The maximum atomic E-state index is 11.6. The molecule has 0 aliphatic rings. The lowest BCUT2D eigenvalue weighted by Gasteiger charge is -2.07. The van der Waals surface area contributed by atoms with Crippen LogP contribution in [0, 0.1) is 13.8 Å². The molecule has 0 radical (unpaired) electrons. The molecule has 2 aromatic rings. The lowest BCUT2D eigenvalue weighted by atomic mass is 10.0. The van der Waals surface area contributed by atoms with Crippen LogP contribution in [-0.4, -0.2) is 12.6 Å². The van der Waals surface area contributed by atoms with Crippen molar-refractivity contribution >= 4 is 23.8 Å². The van der Waals surface area contributed by atoms with Crippen molar-refractivity contribution in [3.63, 3.8) is 0 Å². The zero-order chi connectivity index (χ0) is 16.7. The highest BCUT2D eigenvalue weighted by Crippen LogP contribution is 2.21. The third-order valence-electron chi connectivity index (χ3n) is 3.42. The minimum atomic E-state index is -0.428. The average molecular weight is 330 g/mol. The van der Waals surface area contributed by atoms with Gasteiger partial charge in [-0.3, -0.25) is 0 Å². The number of aryl methyl sites for hydroxylation is 2. The number of halogens is 1. The molecule has 2 rings (SSSR count). The maximum Gasteiger partial charge on any atom is 0.407 e. The SMILES string of the molecule is Cc1cc(Cl)cc(C)c1C=CCNC(=O)OCc1ccccc1. The van der Waals surface area contributed by atoms with Crippen molar-refractivity contribution in [2.75, 3.05) is 6.54 Å². The largest absolute Gasteiger partial charge is 0.445 e. The van der Waals surface area contributed by atoms with Gasteiger partial charge in [0.15, 0.2) is 0 Å². The van der Waals surface area contributed by atoms with Crippen molar-refractivity contribution in [3.8, 4) is 0 Å². The Bertz CT molecular complexity index is 673. The second-order valence-electron chi connectivity index (χ2n) is 5.30. The van der Waals surface area contributed by atoms with Crippen molar-refractivity contribution in [1.82, 2.24) is 5.32 Å². The maximum absolute atomic E-state index is 11.6. The summed E-state index contributed by atoms with van der Waals surface area (Å²) in [5.74, 6) is 0. The Morgan fingerprint density at radius 2 is 1.83 bits per heavy atom. The molecule has 4 heteroatoms. The highest BCUT2D eigenvalue weighted by molar-refractivity contribution is 6.30. The van der Waals surface area contributed by atoms with Crippen LogP contribution in [0.4, 0.5) is 4.79 Å². The van der Waals surface area contributed by atoms with E-state index in [1.165, 1.54) is 0 Å². The summed E-state index contributed by atoms with van der Waals surface area (Å²) in [6.07, 6.45) is 3.45. The summed E-state index contributed by atoms with van der Waals surface area (Å²) >= 11 is 6.01. The quantitative estimate of drug-likeness (QED) is 0.847. The van der Waals surface area contributed by atoms with Crippen molar-refractivity contribution in [2.24, 2.45) is 0 Å². The van der Waals surface area contributed by atoms with E-state index in [1.807, 2.05) is 68.5 Å². The van der Waals surface area contributed by atoms with Gasteiger partial charge in [-0.25, -0.2) is 4.79 Å². The molecule has 0 aliphatic heterocycles. The molecular formula is C19H20ClNO2. The Labute approximate surface area is 141 Å². The van der Waals surface area contributed by atoms with Gasteiger partial charge in [-0.2, -0.15) is 0 Å². The van der Waals surface area contributed by atoms with Gasteiger partial charge < -0.3 is 10.1 Å². The van der Waals surface area contributed by atoms with Gasteiger partial charge in [-0.05, 0) is 48.2 Å². The summed E-state index contributed by atoms with van der Waals surface area (Å²) in [5, 5.41) is 3.44. The van der Waals surface area contributed by atoms with E-state index < -0.39 is 6.09 Å². The topological polar surface area (TPSA) is 38.3 Å². The van der Waals surface area contributed by atoms with E-state index >= 15 is 0 Å². The normalized spacial score (nSPS) is 10.7. The fourth-order valence-electron chi connectivity index (χ4n) is 2.28. The van der Waals surface area contributed by atoms with E-state index in [2.05, 4.69) is 5.32 Å². The van der Waals surface area contributed by atoms with Crippen LogP contribution in [0.1, 0.15) is 22.3 Å². The summed E-state index contributed by atoms with van der Waals surface area (Å²) in [4.78, 5) is 11.6. The van der Waals surface area contributed by atoms with E-state index in [1.54, 1.807) is 0 Å². The molecule has 120 valence electrons. The number of ether oxygens (including phenoxy) is 1. The van der Waals surface area contributed by atoms with E-state index in [0.717, 1.165) is 27.3 Å². The first-order valence-electron chi connectivity index (χ1n) is 7.44.